The summed E-state index contributed by atoms with van der Waals surface area (Å²) >= 11 is 0. The Morgan fingerprint density at radius 2 is 2.18 bits per heavy atom. The van der Waals surface area contributed by atoms with E-state index < -0.39 is 6.29 Å². The summed E-state index contributed by atoms with van der Waals surface area (Å²) in [5.74, 6) is 0.731. The SMILES string of the molecule is CC1(C)Cc2ccc3cccnc3c2OC1O. The minimum absolute atomic E-state index is 0.255. The predicted octanol–water partition coefficient (Wildman–Crippen LogP) is 2.51. The summed E-state index contributed by atoms with van der Waals surface area (Å²) in [6.07, 6.45) is 1.77. The largest absolute Gasteiger partial charge is 0.462 e. The van der Waals surface area contributed by atoms with Crippen molar-refractivity contribution < 1.29 is 9.84 Å². The fourth-order valence-electron chi connectivity index (χ4n) is 2.28. The Balaban J connectivity index is 2.22. The number of aliphatic hydroxyl groups is 1. The molecule has 0 bridgehead atoms. The number of fused-ring (bicyclic) bond motifs is 3. The number of pyridine rings is 1. The van der Waals surface area contributed by atoms with E-state index in [4.69, 9.17) is 4.74 Å². The molecule has 0 saturated carbocycles. The number of hydrogen-bond acceptors (Lipinski definition) is 3. The van der Waals surface area contributed by atoms with Crippen LogP contribution in [0, 0.1) is 5.41 Å². The van der Waals surface area contributed by atoms with Crippen LogP contribution in [0.4, 0.5) is 0 Å². The zero-order valence-corrected chi connectivity index (χ0v) is 9.97. The normalized spacial score (nSPS) is 21.9. The molecule has 0 saturated heterocycles. The number of nitrogens with zero attached hydrogens (tertiary/aromatic N) is 1. The second-order valence-electron chi connectivity index (χ2n) is 5.26. The lowest BCUT2D eigenvalue weighted by Crippen LogP contribution is -2.39. The maximum absolute atomic E-state index is 9.99. The van der Waals surface area contributed by atoms with E-state index in [0.717, 1.165) is 28.6 Å². The van der Waals surface area contributed by atoms with Gasteiger partial charge >= 0.3 is 0 Å². The summed E-state index contributed by atoms with van der Waals surface area (Å²) in [5.41, 5.74) is 1.70. The summed E-state index contributed by atoms with van der Waals surface area (Å²) in [6.45, 7) is 4.01. The molecular weight excluding hydrogens is 214 g/mol. The molecule has 1 aliphatic rings. The lowest BCUT2D eigenvalue weighted by atomic mass is 9.82. The quantitative estimate of drug-likeness (QED) is 0.754. The first-order chi connectivity index (χ1) is 8.08. The minimum atomic E-state index is -0.775. The van der Waals surface area contributed by atoms with E-state index in [9.17, 15) is 5.11 Å². The lowest BCUT2D eigenvalue weighted by Gasteiger charge is -2.36. The Labute approximate surface area is 100 Å². The molecule has 1 atom stereocenters. The van der Waals surface area contributed by atoms with E-state index in [2.05, 4.69) is 17.1 Å². The zero-order chi connectivity index (χ0) is 12.0. The Kier molecular flexibility index (Phi) is 2.13. The molecule has 0 amide bonds. The predicted molar refractivity (Wildman–Crippen MR) is 65.9 cm³/mol. The third kappa shape index (κ3) is 1.58. The maximum Gasteiger partial charge on any atom is 0.202 e. The van der Waals surface area contributed by atoms with Crippen molar-refractivity contribution in [1.29, 1.82) is 0 Å². The van der Waals surface area contributed by atoms with Crippen molar-refractivity contribution >= 4 is 10.9 Å². The van der Waals surface area contributed by atoms with E-state index in [1.54, 1.807) is 6.20 Å². The van der Waals surface area contributed by atoms with Crippen LogP contribution in [0.3, 0.4) is 0 Å². The van der Waals surface area contributed by atoms with Crippen LogP contribution in [0.1, 0.15) is 19.4 Å². The van der Waals surface area contributed by atoms with E-state index in [-0.39, 0.29) is 5.41 Å². The molecule has 0 radical (unpaired) electrons. The first-order valence-corrected chi connectivity index (χ1v) is 5.79. The third-order valence-corrected chi connectivity index (χ3v) is 3.35. The van der Waals surface area contributed by atoms with Gasteiger partial charge in [-0.3, -0.25) is 4.98 Å². The van der Waals surface area contributed by atoms with Gasteiger partial charge < -0.3 is 9.84 Å². The molecule has 3 rings (SSSR count). The molecule has 0 aliphatic carbocycles. The average Bonchev–Trinajstić information content (AvgIpc) is 2.30. The Bertz CT molecular complexity index is 577. The number of aromatic nitrogens is 1. The molecule has 1 N–H and O–H groups in total. The standard InChI is InChI=1S/C14H15NO2/c1-14(2)8-10-6-5-9-4-3-7-15-11(9)12(10)17-13(14)16/h3-7,13,16H,8H2,1-2H3. The summed E-state index contributed by atoms with van der Waals surface area (Å²) in [6, 6.07) is 8.02. The van der Waals surface area contributed by atoms with Crippen LogP contribution in [0.5, 0.6) is 5.75 Å². The summed E-state index contributed by atoms with van der Waals surface area (Å²) < 4.78 is 5.65. The number of rotatable bonds is 0. The molecule has 2 heterocycles. The fraction of sp³-hybridized carbons (Fsp3) is 0.357. The van der Waals surface area contributed by atoms with E-state index in [1.165, 1.54) is 0 Å². The van der Waals surface area contributed by atoms with E-state index in [1.807, 2.05) is 26.0 Å². The van der Waals surface area contributed by atoms with Crippen LogP contribution in [-0.2, 0) is 6.42 Å². The van der Waals surface area contributed by atoms with Gasteiger partial charge in [0.2, 0.25) is 6.29 Å². The highest BCUT2D eigenvalue weighted by Gasteiger charge is 2.36. The molecule has 1 aromatic heterocycles. The molecule has 1 unspecified atom stereocenters. The van der Waals surface area contributed by atoms with Crippen LogP contribution < -0.4 is 4.74 Å². The van der Waals surface area contributed by atoms with Crippen molar-refractivity contribution in [2.75, 3.05) is 0 Å². The van der Waals surface area contributed by atoms with Crippen molar-refractivity contribution in [1.82, 2.24) is 4.98 Å². The summed E-state index contributed by atoms with van der Waals surface area (Å²) in [4.78, 5) is 4.34. The van der Waals surface area contributed by atoms with Crippen molar-refractivity contribution in [3.8, 4) is 5.75 Å². The first-order valence-electron chi connectivity index (χ1n) is 5.79. The highest BCUT2D eigenvalue weighted by Crippen LogP contribution is 2.40. The van der Waals surface area contributed by atoms with E-state index in [0.29, 0.717) is 0 Å². The van der Waals surface area contributed by atoms with Crippen molar-refractivity contribution in [3.05, 3.63) is 36.0 Å². The van der Waals surface area contributed by atoms with Crippen molar-refractivity contribution in [2.45, 2.75) is 26.6 Å². The van der Waals surface area contributed by atoms with Crippen molar-refractivity contribution in [3.63, 3.8) is 0 Å². The second-order valence-corrected chi connectivity index (χ2v) is 5.26. The van der Waals surface area contributed by atoms with Gasteiger partial charge in [0.25, 0.3) is 0 Å². The number of ether oxygens (including phenoxy) is 1. The molecule has 1 aliphatic heterocycles. The highest BCUT2D eigenvalue weighted by atomic mass is 16.6. The molecule has 2 aromatic rings. The van der Waals surface area contributed by atoms with Crippen LogP contribution in [0.25, 0.3) is 10.9 Å². The highest BCUT2D eigenvalue weighted by molar-refractivity contribution is 5.86. The molecular formula is C14H15NO2. The zero-order valence-electron chi connectivity index (χ0n) is 9.97. The third-order valence-electron chi connectivity index (χ3n) is 3.35. The smallest absolute Gasteiger partial charge is 0.202 e. The summed E-state index contributed by atoms with van der Waals surface area (Å²) in [5, 5.41) is 11.0. The molecule has 17 heavy (non-hydrogen) atoms. The van der Waals surface area contributed by atoms with Gasteiger partial charge in [-0.1, -0.05) is 32.0 Å². The first kappa shape index (κ1) is 10.5. The van der Waals surface area contributed by atoms with Gasteiger partial charge in [-0.2, -0.15) is 0 Å². The second kappa shape index (κ2) is 3.44. The van der Waals surface area contributed by atoms with Gasteiger partial charge in [-0.25, -0.2) is 0 Å². The number of benzene rings is 1. The molecule has 0 spiro atoms. The van der Waals surface area contributed by atoms with Crippen LogP contribution >= 0.6 is 0 Å². The molecule has 0 fully saturated rings. The van der Waals surface area contributed by atoms with Gasteiger partial charge in [-0.15, -0.1) is 0 Å². The topological polar surface area (TPSA) is 42.4 Å². The minimum Gasteiger partial charge on any atom is -0.462 e. The van der Waals surface area contributed by atoms with Gasteiger partial charge in [-0.05, 0) is 18.1 Å². The van der Waals surface area contributed by atoms with Crippen LogP contribution in [-0.4, -0.2) is 16.4 Å². The van der Waals surface area contributed by atoms with E-state index >= 15 is 0 Å². The molecule has 1 aromatic carbocycles. The lowest BCUT2D eigenvalue weighted by molar-refractivity contribution is -0.111. The van der Waals surface area contributed by atoms with Crippen LogP contribution in [0.15, 0.2) is 30.5 Å². The van der Waals surface area contributed by atoms with Gasteiger partial charge in [0.15, 0.2) is 5.75 Å². The fourth-order valence-corrected chi connectivity index (χ4v) is 2.28. The number of hydrogen-bond donors (Lipinski definition) is 1. The Morgan fingerprint density at radius 3 is 3.00 bits per heavy atom. The molecule has 3 heteroatoms. The molecule has 88 valence electrons. The van der Waals surface area contributed by atoms with Gasteiger partial charge in [0, 0.05) is 17.0 Å². The average molecular weight is 229 g/mol. The maximum atomic E-state index is 9.99. The summed E-state index contributed by atoms with van der Waals surface area (Å²) in [7, 11) is 0. The Morgan fingerprint density at radius 1 is 1.35 bits per heavy atom. The molecule has 3 nitrogen and oxygen atoms in total. The van der Waals surface area contributed by atoms with Crippen LogP contribution in [0.2, 0.25) is 0 Å². The number of aliphatic hydroxyl groups excluding tert-OH is 1. The Hall–Kier alpha value is -1.61. The van der Waals surface area contributed by atoms with Gasteiger partial charge in [0.1, 0.15) is 5.52 Å². The van der Waals surface area contributed by atoms with Gasteiger partial charge in [0.05, 0.1) is 0 Å². The monoisotopic (exact) mass is 229 g/mol. The van der Waals surface area contributed by atoms with Crippen molar-refractivity contribution in [2.24, 2.45) is 5.41 Å².